The van der Waals surface area contributed by atoms with Gasteiger partial charge in [0.1, 0.15) is 6.61 Å². The summed E-state index contributed by atoms with van der Waals surface area (Å²) >= 11 is 16.1. The number of anilines is 1. The molecule has 3 aromatic rings. The van der Waals surface area contributed by atoms with E-state index in [1.54, 1.807) is 13.2 Å². The highest BCUT2D eigenvalue weighted by molar-refractivity contribution is 9.10. The molecule has 0 saturated carbocycles. The number of benzene rings is 3. The Hall–Kier alpha value is -2.74. The van der Waals surface area contributed by atoms with Gasteiger partial charge in [-0.3, -0.25) is 10.1 Å². The van der Waals surface area contributed by atoms with Crippen LogP contribution in [0.5, 0.6) is 11.5 Å². The molecule has 0 saturated heterocycles. The molecule has 9 heteroatoms. The molecule has 2 aliphatic rings. The minimum Gasteiger partial charge on any atom is -0.493 e. The quantitative estimate of drug-likeness (QED) is 0.183. The molecule has 6 nitrogen and oxygen atoms in total. The number of nitrogens with zero attached hydrogens (tertiary/aromatic N) is 1. The van der Waals surface area contributed by atoms with Crippen molar-refractivity contribution in [3.8, 4) is 11.5 Å². The van der Waals surface area contributed by atoms with Gasteiger partial charge in [0.25, 0.3) is 5.69 Å². The summed E-state index contributed by atoms with van der Waals surface area (Å²) in [6, 6.07) is 14.4. The van der Waals surface area contributed by atoms with Crippen LogP contribution in [0.1, 0.15) is 35.1 Å². The number of nitro benzene ring substituents is 1. The Bertz CT molecular complexity index is 1330. The molecule has 35 heavy (non-hydrogen) atoms. The minimum atomic E-state index is -0.340. The van der Waals surface area contributed by atoms with Crippen LogP contribution in [0.3, 0.4) is 0 Å². The zero-order valence-corrected chi connectivity index (χ0v) is 21.7. The lowest BCUT2D eigenvalue weighted by Crippen LogP contribution is -2.30. The van der Waals surface area contributed by atoms with E-state index < -0.39 is 0 Å². The minimum absolute atomic E-state index is 0.0848. The SMILES string of the molecule is COc1cc([C@@H]2Nc3c(Cl)ccc([N+](=O)[O-])c3[C@H]3C=CC[C@@H]32)cc(Br)c1OCc1ccc(Cl)cc1. The van der Waals surface area contributed by atoms with Gasteiger partial charge in [0.2, 0.25) is 0 Å². The Morgan fingerprint density at radius 3 is 2.66 bits per heavy atom. The summed E-state index contributed by atoms with van der Waals surface area (Å²) < 4.78 is 12.5. The summed E-state index contributed by atoms with van der Waals surface area (Å²) in [5.74, 6) is 1.17. The maximum Gasteiger partial charge on any atom is 0.275 e. The van der Waals surface area contributed by atoms with E-state index >= 15 is 0 Å². The number of ether oxygens (including phenoxy) is 2. The Morgan fingerprint density at radius 1 is 1.17 bits per heavy atom. The zero-order valence-electron chi connectivity index (χ0n) is 18.6. The first kappa shape index (κ1) is 24.0. The van der Waals surface area contributed by atoms with Crippen molar-refractivity contribution in [3.05, 3.63) is 102 Å². The molecule has 3 atom stereocenters. The molecule has 1 N–H and O–H groups in total. The van der Waals surface area contributed by atoms with Gasteiger partial charge in [-0.2, -0.15) is 0 Å². The lowest BCUT2D eigenvalue weighted by molar-refractivity contribution is -0.385. The van der Waals surface area contributed by atoms with Gasteiger partial charge in [0.15, 0.2) is 11.5 Å². The molecule has 3 aromatic carbocycles. The summed E-state index contributed by atoms with van der Waals surface area (Å²) in [6.07, 6.45) is 4.93. The number of hydrogen-bond donors (Lipinski definition) is 1. The van der Waals surface area contributed by atoms with Gasteiger partial charge in [-0.1, -0.05) is 47.5 Å². The average molecular weight is 576 g/mol. The summed E-state index contributed by atoms with van der Waals surface area (Å²) in [6.45, 7) is 0.356. The van der Waals surface area contributed by atoms with Crippen LogP contribution < -0.4 is 14.8 Å². The van der Waals surface area contributed by atoms with Crippen molar-refractivity contribution in [2.24, 2.45) is 5.92 Å². The van der Waals surface area contributed by atoms with Crippen molar-refractivity contribution in [1.29, 1.82) is 0 Å². The summed E-state index contributed by atoms with van der Waals surface area (Å²) in [4.78, 5) is 11.4. The average Bonchev–Trinajstić information content (AvgIpc) is 3.33. The number of methoxy groups -OCH3 is 1. The molecule has 0 spiro atoms. The summed E-state index contributed by atoms with van der Waals surface area (Å²) in [5, 5.41) is 16.4. The lowest BCUT2D eigenvalue weighted by Gasteiger charge is -2.37. The van der Waals surface area contributed by atoms with E-state index in [0.717, 1.165) is 22.0 Å². The first-order chi connectivity index (χ1) is 16.9. The van der Waals surface area contributed by atoms with Gasteiger partial charge in [-0.25, -0.2) is 0 Å². The van der Waals surface area contributed by atoms with Crippen LogP contribution in [0.2, 0.25) is 10.0 Å². The highest BCUT2D eigenvalue weighted by Gasteiger charge is 2.42. The molecule has 180 valence electrons. The van der Waals surface area contributed by atoms with Crippen LogP contribution in [-0.2, 0) is 6.61 Å². The monoisotopic (exact) mass is 574 g/mol. The normalized spacial score (nSPS) is 20.1. The fraction of sp³-hybridized carbons (Fsp3) is 0.231. The van der Waals surface area contributed by atoms with Crippen molar-refractivity contribution in [3.63, 3.8) is 0 Å². The standard InChI is InChI=1S/C26H21BrCl2N2O4/c1-34-22-12-15(11-19(27)26(22)35-13-14-5-7-16(28)8-6-14)24-18-4-2-3-17(18)23-21(31(32)33)10-9-20(29)25(23)30-24/h2-3,5-12,17-18,24,30H,4,13H2,1H3/t17-,18-,24-/m0/s1. The maximum atomic E-state index is 11.7. The third kappa shape index (κ3) is 4.48. The second-order valence-electron chi connectivity index (χ2n) is 8.54. The number of fused-ring (bicyclic) bond motifs is 3. The Kier molecular flexibility index (Phi) is 6.66. The highest BCUT2D eigenvalue weighted by atomic mass is 79.9. The van der Waals surface area contributed by atoms with Crippen molar-refractivity contribution in [1.82, 2.24) is 0 Å². The van der Waals surface area contributed by atoms with Gasteiger partial charge >= 0.3 is 0 Å². The topological polar surface area (TPSA) is 73.6 Å². The molecular formula is C26H21BrCl2N2O4. The number of nitrogens with one attached hydrogen (secondary N) is 1. The smallest absolute Gasteiger partial charge is 0.275 e. The first-order valence-electron chi connectivity index (χ1n) is 11.0. The third-order valence-electron chi connectivity index (χ3n) is 6.55. The van der Waals surface area contributed by atoms with Gasteiger partial charge in [-0.05, 0) is 69.7 Å². The molecule has 0 radical (unpaired) electrons. The Labute approximate surface area is 221 Å². The molecule has 0 bridgehead atoms. The lowest BCUT2D eigenvalue weighted by atomic mass is 9.76. The van der Waals surface area contributed by atoms with Gasteiger partial charge in [0, 0.05) is 17.0 Å². The second kappa shape index (κ2) is 9.72. The predicted octanol–water partition coefficient (Wildman–Crippen LogP) is 8.08. The molecule has 1 aliphatic carbocycles. The Balaban J connectivity index is 1.49. The molecule has 1 aliphatic heterocycles. The van der Waals surface area contributed by atoms with Crippen LogP contribution in [0, 0.1) is 16.0 Å². The number of nitro groups is 1. The number of halogens is 3. The second-order valence-corrected chi connectivity index (χ2v) is 10.2. The van der Waals surface area contributed by atoms with Crippen LogP contribution in [-0.4, -0.2) is 12.0 Å². The predicted molar refractivity (Wildman–Crippen MR) is 141 cm³/mol. The van der Waals surface area contributed by atoms with E-state index in [9.17, 15) is 10.1 Å². The van der Waals surface area contributed by atoms with E-state index in [4.69, 9.17) is 32.7 Å². The largest absolute Gasteiger partial charge is 0.493 e. The van der Waals surface area contributed by atoms with E-state index in [0.29, 0.717) is 39.4 Å². The number of hydrogen-bond acceptors (Lipinski definition) is 5. The van der Waals surface area contributed by atoms with E-state index in [2.05, 4.69) is 33.4 Å². The maximum absolute atomic E-state index is 11.7. The van der Waals surface area contributed by atoms with Gasteiger partial charge < -0.3 is 14.8 Å². The van der Waals surface area contributed by atoms with Crippen LogP contribution in [0.25, 0.3) is 0 Å². The van der Waals surface area contributed by atoms with Crippen molar-refractivity contribution < 1.29 is 14.4 Å². The van der Waals surface area contributed by atoms with Crippen LogP contribution >= 0.6 is 39.1 Å². The summed E-state index contributed by atoms with van der Waals surface area (Å²) in [5.41, 5.74) is 3.29. The van der Waals surface area contributed by atoms with E-state index in [1.807, 2.05) is 36.4 Å². The zero-order chi connectivity index (χ0) is 24.7. The van der Waals surface area contributed by atoms with E-state index in [-0.39, 0.29) is 28.5 Å². The fourth-order valence-electron chi connectivity index (χ4n) is 4.94. The molecule has 1 heterocycles. The Morgan fingerprint density at radius 2 is 1.94 bits per heavy atom. The van der Waals surface area contributed by atoms with Gasteiger partial charge in [-0.15, -0.1) is 0 Å². The fourth-order valence-corrected chi connectivity index (χ4v) is 5.86. The molecule has 0 aromatic heterocycles. The molecule has 5 rings (SSSR count). The van der Waals surface area contributed by atoms with Crippen molar-refractivity contribution in [2.45, 2.75) is 25.0 Å². The molecule has 0 unspecified atom stereocenters. The highest BCUT2D eigenvalue weighted by Crippen LogP contribution is 2.55. The van der Waals surface area contributed by atoms with Crippen molar-refractivity contribution >= 4 is 50.5 Å². The third-order valence-corrected chi connectivity index (χ3v) is 7.71. The first-order valence-corrected chi connectivity index (χ1v) is 12.6. The van der Waals surface area contributed by atoms with E-state index in [1.165, 1.54) is 6.07 Å². The molecule has 0 fully saturated rings. The number of rotatable bonds is 6. The van der Waals surface area contributed by atoms with Crippen LogP contribution in [0.15, 0.2) is 65.2 Å². The molecule has 0 amide bonds. The summed E-state index contributed by atoms with van der Waals surface area (Å²) in [7, 11) is 1.60. The van der Waals surface area contributed by atoms with Gasteiger partial charge in [0.05, 0.1) is 38.8 Å². The molecular weight excluding hydrogens is 555 g/mol. The number of allylic oxidation sites excluding steroid dienone is 2. The van der Waals surface area contributed by atoms with Crippen molar-refractivity contribution in [2.75, 3.05) is 12.4 Å². The van der Waals surface area contributed by atoms with Crippen LogP contribution in [0.4, 0.5) is 11.4 Å².